The molecule has 0 aliphatic heterocycles. The fourth-order valence-corrected chi connectivity index (χ4v) is 2.10. The minimum Gasteiger partial charge on any atom is -0.369 e. The van der Waals surface area contributed by atoms with E-state index in [1.165, 1.54) is 11.1 Å². The zero-order valence-corrected chi connectivity index (χ0v) is 11.6. The molecule has 0 saturated heterocycles. The van der Waals surface area contributed by atoms with Gasteiger partial charge in [-0.2, -0.15) is 0 Å². The van der Waals surface area contributed by atoms with E-state index < -0.39 is 0 Å². The summed E-state index contributed by atoms with van der Waals surface area (Å²) in [6, 6.07) is 10.5. The summed E-state index contributed by atoms with van der Waals surface area (Å²) in [5.41, 5.74) is 3.78. The topological polar surface area (TPSA) is 16.1 Å². The van der Waals surface area contributed by atoms with Crippen molar-refractivity contribution in [2.75, 3.05) is 11.9 Å². The van der Waals surface area contributed by atoms with E-state index in [1.54, 1.807) is 6.20 Å². The fraction of sp³-hybridized carbons (Fsp3) is 0.214. The van der Waals surface area contributed by atoms with Crippen LogP contribution in [0, 0.1) is 6.92 Å². The fourth-order valence-electron chi connectivity index (χ4n) is 1.74. The molecule has 1 aromatic heterocycles. The summed E-state index contributed by atoms with van der Waals surface area (Å²) in [5.74, 6) is 0. The molecule has 0 atom stereocenters. The van der Waals surface area contributed by atoms with E-state index in [1.807, 2.05) is 6.20 Å². The van der Waals surface area contributed by atoms with Crippen LogP contribution < -0.4 is 4.90 Å². The van der Waals surface area contributed by atoms with Gasteiger partial charge in [0.15, 0.2) is 0 Å². The van der Waals surface area contributed by atoms with Gasteiger partial charge in [-0.05, 0) is 40.0 Å². The minimum atomic E-state index is 0.894. The van der Waals surface area contributed by atoms with Crippen molar-refractivity contribution < 1.29 is 0 Å². The zero-order valence-electron chi connectivity index (χ0n) is 10.0. The number of anilines is 1. The molecular formula is C14H15BrN2. The summed E-state index contributed by atoms with van der Waals surface area (Å²) in [6.07, 6.45) is 3.67. The van der Waals surface area contributed by atoms with Gasteiger partial charge in [-0.1, -0.05) is 24.3 Å². The first kappa shape index (κ1) is 12.1. The molecular weight excluding hydrogens is 276 g/mol. The highest BCUT2D eigenvalue weighted by atomic mass is 79.9. The Balaban J connectivity index is 2.17. The minimum absolute atomic E-state index is 0.894. The molecule has 3 heteroatoms. The summed E-state index contributed by atoms with van der Waals surface area (Å²) in [6.45, 7) is 3.03. The molecule has 0 aliphatic rings. The number of aryl methyl sites for hydroxylation is 1. The molecule has 0 N–H and O–H groups in total. The average Bonchev–Trinajstić information content (AvgIpc) is 2.32. The lowest BCUT2D eigenvalue weighted by atomic mass is 10.1. The predicted molar refractivity (Wildman–Crippen MR) is 75.2 cm³/mol. The van der Waals surface area contributed by atoms with Crippen molar-refractivity contribution >= 4 is 21.6 Å². The number of benzene rings is 1. The number of nitrogens with zero attached hydrogens (tertiary/aromatic N) is 2. The van der Waals surface area contributed by atoms with Gasteiger partial charge in [-0.15, -0.1) is 0 Å². The van der Waals surface area contributed by atoms with Crippen LogP contribution in [0.15, 0.2) is 47.2 Å². The first-order chi connectivity index (χ1) is 8.16. The molecule has 1 heterocycles. The normalized spacial score (nSPS) is 10.3. The summed E-state index contributed by atoms with van der Waals surface area (Å²) in [4.78, 5) is 6.38. The van der Waals surface area contributed by atoms with Crippen molar-refractivity contribution in [3.8, 4) is 0 Å². The molecule has 0 amide bonds. The van der Waals surface area contributed by atoms with Gasteiger partial charge in [0.25, 0.3) is 0 Å². The van der Waals surface area contributed by atoms with Crippen LogP contribution in [0.25, 0.3) is 0 Å². The summed E-state index contributed by atoms with van der Waals surface area (Å²) in [5, 5.41) is 0. The maximum Gasteiger partial charge on any atom is 0.0564 e. The molecule has 88 valence electrons. The SMILES string of the molecule is Cc1ccccc1CN(C)c1cncc(Br)c1. The van der Waals surface area contributed by atoms with Gasteiger partial charge in [0.2, 0.25) is 0 Å². The molecule has 0 spiro atoms. The zero-order chi connectivity index (χ0) is 12.3. The van der Waals surface area contributed by atoms with Crippen molar-refractivity contribution in [3.63, 3.8) is 0 Å². The first-order valence-electron chi connectivity index (χ1n) is 5.53. The Morgan fingerprint density at radius 1 is 1.24 bits per heavy atom. The van der Waals surface area contributed by atoms with Crippen LogP contribution >= 0.6 is 15.9 Å². The van der Waals surface area contributed by atoms with Crippen molar-refractivity contribution in [2.24, 2.45) is 0 Å². The van der Waals surface area contributed by atoms with Crippen molar-refractivity contribution in [2.45, 2.75) is 13.5 Å². The Bertz CT molecular complexity index is 511. The second-order valence-corrected chi connectivity index (χ2v) is 5.06. The molecule has 0 unspecified atom stereocenters. The van der Waals surface area contributed by atoms with Crippen molar-refractivity contribution in [1.29, 1.82) is 0 Å². The second kappa shape index (κ2) is 5.32. The van der Waals surface area contributed by atoms with Crippen LogP contribution in [0.4, 0.5) is 5.69 Å². The average molecular weight is 291 g/mol. The van der Waals surface area contributed by atoms with E-state index >= 15 is 0 Å². The van der Waals surface area contributed by atoms with Crippen LogP contribution in [-0.4, -0.2) is 12.0 Å². The third-order valence-electron chi connectivity index (χ3n) is 2.80. The Morgan fingerprint density at radius 3 is 2.71 bits per heavy atom. The number of halogens is 1. The second-order valence-electron chi connectivity index (χ2n) is 4.14. The van der Waals surface area contributed by atoms with E-state index in [0.717, 1.165) is 16.7 Å². The largest absolute Gasteiger partial charge is 0.369 e. The summed E-state index contributed by atoms with van der Waals surface area (Å²) < 4.78 is 1.01. The monoisotopic (exact) mass is 290 g/mol. The van der Waals surface area contributed by atoms with Crippen LogP contribution in [0.5, 0.6) is 0 Å². The number of hydrogen-bond acceptors (Lipinski definition) is 2. The first-order valence-corrected chi connectivity index (χ1v) is 6.32. The van der Waals surface area contributed by atoms with Crippen molar-refractivity contribution in [3.05, 3.63) is 58.3 Å². The Labute approximate surface area is 110 Å². The Hall–Kier alpha value is -1.35. The van der Waals surface area contributed by atoms with E-state index in [0.29, 0.717) is 0 Å². The smallest absolute Gasteiger partial charge is 0.0564 e. The number of aromatic nitrogens is 1. The number of pyridine rings is 1. The highest BCUT2D eigenvalue weighted by Gasteiger charge is 2.04. The highest BCUT2D eigenvalue weighted by molar-refractivity contribution is 9.10. The predicted octanol–water partition coefficient (Wildman–Crippen LogP) is 3.79. The molecule has 17 heavy (non-hydrogen) atoms. The van der Waals surface area contributed by atoms with Crippen LogP contribution in [0.2, 0.25) is 0 Å². The van der Waals surface area contributed by atoms with E-state index in [2.05, 4.69) is 70.1 Å². The number of hydrogen-bond donors (Lipinski definition) is 0. The van der Waals surface area contributed by atoms with Gasteiger partial charge in [0.05, 0.1) is 11.9 Å². The molecule has 0 radical (unpaired) electrons. The quantitative estimate of drug-likeness (QED) is 0.855. The summed E-state index contributed by atoms with van der Waals surface area (Å²) >= 11 is 3.44. The lowest BCUT2D eigenvalue weighted by Crippen LogP contribution is -2.17. The molecule has 2 aromatic rings. The Kier molecular flexibility index (Phi) is 3.79. The summed E-state index contributed by atoms with van der Waals surface area (Å²) in [7, 11) is 2.08. The van der Waals surface area contributed by atoms with Gasteiger partial charge in [0.1, 0.15) is 0 Å². The number of rotatable bonds is 3. The Morgan fingerprint density at radius 2 is 2.00 bits per heavy atom. The maximum atomic E-state index is 4.18. The standard InChI is InChI=1S/C14H15BrN2/c1-11-5-3-4-6-12(11)10-17(2)14-7-13(15)8-16-9-14/h3-9H,10H2,1-2H3. The van der Waals surface area contributed by atoms with E-state index in [-0.39, 0.29) is 0 Å². The van der Waals surface area contributed by atoms with E-state index in [4.69, 9.17) is 0 Å². The lowest BCUT2D eigenvalue weighted by molar-refractivity contribution is 0.909. The highest BCUT2D eigenvalue weighted by Crippen LogP contribution is 2.19. The molecule has 2 nitrogen and oxygen atoms in total. The third-order valence-corrected chi connectivity index (χ3v) is 3.23. The van der Waals surface area contributed by atoms with Crippen LogP contribution in [0.3, 0.4) is 0 Å². The van der Waals surface area contributed by atoms with Gasteiger partial charge in [-0.25, -0.2) is 0 Å². The van der Waals surface area contributed by atoms with E-state index in [9.17, 15) is 0 Å². The molecule has 0 fully saturated rings. The van der Waals surface area contributed by atoms with Gasteiger partial charge in [-0.3, -0.25) is 4.98 Å². The van der Waals surface area contributed by atoms with Gasteiger partial charge < -0.3 is 4.90 Å². The third kappa shape index (κ3) is 3.07. The van der Waals surface area contributed by atoms with Gasteiger partial charge in [0, 0.05) is 24.3 Å². The van der Waals surface area contributed by atoms with Gasteiger partial charge >= 0.3 is 0 Å². The van der Waals surface area contributed by atoms with Crippen molar-refractivity contribution in [1.82, 2.24) is 4.98 Å². The molecule has 0 aliphatic carbocycles. The lowest BCUT2D eigenvalue weighted by Gasteiger charge is -2.20. The molecule has 0 bridgehead atoms. The molecule has 0 saturated carbocycles. The maximum absolute atomic E-state index is 4.18. The molecule has 2 rings (SSSR count). The molecule has 1 aromatic carbocycles. The van der Waals surface area contributed by atoms with Crippen LogP contribution in [-0.2, 0) is 6.54 Å². The van der Waals surface area contributed by atoms with Crippen LogP contribution in [0.1, 0.15) is 11.1 Å².